The summed E-state index contributed by atoms with van der Waals surface area (Å²) < 4.78 is 38.7. The van der Waals surface area contributed by atoms with Crippen LogP contribution in [-0.2, 0) is 20.6 Å². The number of hydrazone groups is 1. The molecule has 2 rings (SSSR count). The number of carbonyl (C=O) groups is 3. The monoisotopic (exact) mass is 399 g/mol. The van der Waals surface area contributed by atoms with E-state index in [1.807, 2.05) is 5.43 Å². The van der Waals surface area contributed by atoms with Crippen LogP contribution in [0, 0.1) is 0 Å². The number of rotatable bonds is 4. The molecular formula is C15H12F3N5O3S. The van der Waals surface area contributed by atoms with E-state index in [2.05, 4.69) is 10.1 Å². The van der Waals surface area contributed by atoms with Crippen LogP contribution in [0.15, 0.2) is 34.7 Å². The Morgan fingerprint density at radius 2 is 2.04 bits per heavy atom. The third-order valence-corrected chi connectivity index (χ3v) is 3.88. The van der Waals surface area contributed by atoms with Gasteiger partial charge in [0.15, 0.2) is 5.13 Å². The summed E-state index contributed by atoms with van der Waals surface area (Å²) in [5, 5.41) is 5.02. The molecule has 142 valence electrons. The predicted molar refractivity (Wildman–Crippen MR) is 91.3 cm³/mol. The number of nitrogens with zero attached hydrogens (tertiary/aromatic N) is 3. The van der Waals surface area contributed by atoms with Crippen LogP contribution in [0.3, 0.4) is 0 Å². The molecule has 1 aromatic heterocycles. The van der Waals surface area contributed by atoms with Crippen LogP contribution < -0.4 is 16.1 Å². The summed E-state index contributed by atoms with van der Waals surface area (Å²) in [4.78, 5) is 38.6. The SMILES string of the molecule is CC(=O)N(c1cccc(C(F)(F)F)c1)c1nc(/C=N\NC(=O)C(N)=O)cs1. The quantitative estimate of drug-likeness (QED) is 0.463. The highest BCUT2D eigenvalue weighted by atomic mass is 32.1. The van der Waals surface area contributed by atoms with E-state index in [0.29, 0.717) is 0 Å². The molecule has 0 fully saturated rings. The van der Waals surface area contributed by atoms with E-state index >= 15 is 0 Å². The Kier molecular flexibility index (Phi) is 5.90. The molecule has 0 saturated heterocycles. The van der Waals surface area contributed by atoms with Crippen molar-refractivity contribution in [2.45, 2.75) is 13.1 Å². The zero-order valence-electron chi connectivity index (χ0n) is 13.6. The number of benzene rings is 1. The van der Waals surface area contributed by atoms with Crippen LogP contribution in [0.5, 0.6) is 0 Å². The van der Waals surface area contributed by atoms with Crippen LogP contribution in [0.25, 0.3) is 0 Å². The lowest BCUT2D eigenvalue weighted by Crippen LogP contribution is -2.32. The standard InChI is InChI=1S/C15H12F3N5O3S/c1-8(24)23(11-4-2-3-9(5-11)15(16,17)18)14-21-10(7-27-14)6-20-22-13(26)12(19)25/h2-7H,1H3,(H2,19,25)(H,22,26)/b20-6-. The number of thiazole rings is 1. The summed E-state index contributed by atoms with van der Waals surface area (Å²) in [6.07, 6.45) is -3.47. The highest BCUT2D eigenvalue weighted by molar-refractivity contribution is 7.14. The summed E-state index contributed by atoms with van der Waals surface area (Å²) in [7, 11) is 0. The van der Waals surface area contributed by atoms with E-state index in [0.717, 1.165) is 34.6 Å². The Bertz CT molecular complexity index is 910. The van der Waals surface area contributed by atoms with Crippen molar-refractivity contribution in [2.75, 3.05) is 4.90 Å². The molecule has 3 amide bonds. The average Bonchev–Trinajstić information content (AvgIpc) is 3.02. The molecule has 3 N–H and O–H groups in total. The van der Waals surface area contributed by atoms with Gasteiger partial charge in [-0.25, -0.2) is 10.4 Å². The number of alkyl halides is 3. The van der Waals surface area contributed by atoms with Crippen LogP contribution in [0.1, 0.15) is 18.2 Å². The van der Waals surface area contributed by atoms with Gasteiger partial charge in [-0.05, 0) is 18.2 Å². The summed E-state index contributed by atoms with van der Waals surface area (Å²) in [5.41, 5.74) is 5.90. The van der Waals surface area contributed by atoms with E-state index in [4.69, 9.17) is 5.73 Å². The molecule has 0 aliphatic heterocycles. The number of aromatic nitrogens is 1. The summed E-state index contributed by atoms with van der Waals surface area (Å²) in [6, 6.07) is 4.26. The normalized spacial score (nSPS) is 11.4. The highest BCUT2D eigenvalue weighted by Gasteiger charge is 2.31. The number of halogens is 3. The first kappa shape index (κ1) is 20.0. The summed E-state index contributed by atoms with van der Waals surface area (Å²) in [6.45, 7) is 1.18. The van der Waals surface area contributed by atoms with Crippen LogP contribution >= 0.6 is 11.3 Å². The van der Waals surface area contributed by atoms with Crippen molar-refractivity contribution >= 4 is 46.1 Å². The molecule has 0 radical (unpaired) electrons. The first-order chi connectivity index (χ1) is 12.6. The van der Waals surface area contributed by atoms with Crippen molar-refractivity contribution in [1.29, 1.82) is 0 Å². The van der Waals surface area contributed by atoms with Crippen LogP contribution in [0.2, 0.25) is 0 Å². The molecule has 1 aromatic carbocycles. The van der Waals surface area contributed by atoms with Crippen molar-refractivity contribution in [3.63, 3.8) is 0 Å². The number of primary amides is 1. The van der Waals surface area contributed by atoms with E-state index in [1.165, 1.54) is 24.4 Å². The molecule has 0 saturated carbocycles. The molecule has 27 heavy (non-hydrogen) atoms. The first-order valence-corrected chi connectivity index (χ1v) is 8.04. The fourth-order valence-corrected chi connectivity index (χ4v) is 2.74. The Morgan fingerprint density at radius 1 is 1.33 bits per heavy atom. The Hall–Kier alpha value is -3.28. The molecule has 0 bridgehead atoms. The molecule has 0 atom stereocenters. The molecule has 0 aliphatic rings. The van der Waals surface area contributed by atoms with Gasteiger partial charge in [0, 0.05) is 12.3 Å². The Balaban J connectivity index is 2.28. The van der Waals surface area contributed by atoms with E-state index < -0.39 is 29.5 Å². The van der Waals surface area contributed by atoms with Crippen molar-refractivity contribution in [3.8, 4) is 0 Å². The smallest absolute Gasteiger partial charge is 0.361 e. The molecule has 0 aliphatic carbocycles. The molecule has 8 nitrogen and oxygen atoms in total. The van der Waals surface area contributed by atoms with Crippen molar-refractivity contribution < 1.29 is 27.6 Å². The average molecular weight is 399 g/mol. The molecule has 2 aromatic rings. The van der Waals surface area contributed by atoms with Crippen LogP contribution in [-0.4, -0.2) is 28.9 Å². The Labute approximate surface area is 154 Å². The van der Waals surface area contributed by atoms with Gasteiger partial charge in [0.05, 0.1) is 23.2 Å². The van der Waals surface area contributed by atoms with Crippen LogP contribution in [0.4, 0.5) is 24.0 Å². The molecule has 0 unspecified atom stereocenters. The number of hydrogen-bond donors (Lipinski definition) is 2. The number of amides is 3. The van der Waals surface area contributed by atoms with Gasteiger partial charge < -0.3 is 5.73 Å². The minimum absolute atomic E-state index is 0.00260. The summed E-state index contributed by atoms with van der Waals surface area (Å²) in [5.74, 6) is -2.90. The lowest BCUT2D eigenvalue weighted by atomic mass is 10.2. The van der Waals surface area contributed by atoms with Crippen molar-refractivity contribution in [3.05, 3.63) is 40.9 Å². The highest BCUT2D eigenvalue weighted by Crippen LogP contribution is 2.34. The molecular weight excluding hydrogens is 387 g/mol. The topological polar surface area (TPSA) is 118 Å². The minimum atomic E-state index is -4.56. The minimum Gasteiger partial charge on any atom is -0.361 e. The number of hydrogen-bond acceptors (Lipinski definition) is 6. The number of nitrogens with one attached hydrogen (secondary N) is 1. The van der Waals surface area contributed by atoms with Gasteiger partial charge in [-0.3, -0.25) is 19.3 Å². The fraction of sp³-hybridized carbons (Fsp3) is 0.133. The second-order valence-corrected chi connectivity index (χ2v) is 5.86. The maximum atomic E-state index is 12.9. The van der Waals surface area contributed by atoms with Gasteiger partial charge in [-0.15, -0.1) is 11.3 Å². The molecule has 1 heterocycles. The third-order valence-electron chi connectivity index (χ3n) is 3.03. The predicted octanol–water partition coefficient (Wildman–Crippen LogP) is 1.78. The van der Waals surface area contributed by atoms with Gasteiger partial charge in [0.2, 0.25) is 5.91 Å². The van der Waals surface area contributed by atoms with Crippen molar-refractivity contribution in [1.82, 2.24) is 10.4 Å². The van der Waals surface area contributed by atoms with E-state index in [-0.39, 0.29) is 16.5 Å². The second kappa shape index (κ2) is 7.95. The fourth-order valence-electron chi connectivity index (χ4n) is 1.90. The van der Waals surface area contributed by atoms with E-state index in [9.17, 15) is 27.6 Å². The number of anilines is 2. The van der Waals surface area contributed by atoms with E-state index in [1.54, 1.807) is 0 Å². The first-order valence-electron chi connectivity index (χ1n) is 7.16. The van der Waals surface area contributed by atoms with Gasteiger partial charge >= 0.3 is 18.0 Å². The van der Waals surface area contributed by atoms with Gasteiger partial charge in [0.1, 0.15) is 0 Å². The lowest BCUT2D eigenvalue weighted by Gasteiger charge is -2.19. The Morgan fingerprint density at radius 3 is 2.63 bits per heavy atom. The maximum Gasteiger partial charge on any atom is 0.416 e. The zero-order valence-corrected chi connectivity index (χ0v) is 14.5. The third kappa shape index (κ3) is 5.10. The number of carbonyl (C=O) groups excluding carboxylic acids is 3. The maximum absolute atomic E-state index is 12.9. The lowest BCUT2D eigenvalue weighted by molar-refractivity contribution is -0.137. The zero-order chi connectivity index (χ0) is 20.2. The molecule has 12 heteroatoms. The van der Waals surface area contributed by atoms with Gasteiger partial charge in [0.25, 0.3) is 0 Å². The second-order valence-electron chi connectivity index (χ2n) is 5.02. The number of nitrogens with two attached hydrogens (primary N) is 1. The largest absolute Gasteiger partial charge is 0.416 e. The van der Waals surface area contributed by atoms with Gasteiger partial charge in [-0.2, -0.15) is 18.3 Å². The van der Waals surface area contributed by atoms with Crippen molar-refractivity contribution in [2.24, 2.45) is 10.8 Å². The molecule has 0 spiro atoms. The summed E-state index contributed by atoms with van der Waals surface area (Å²) >= 11 is 0.976. The van der Waals surface area contributed by atoms with Gasteiger partial charge in [-0.1, -0.05) is 6.07 Å².